The highest BCUT2D eigenvalue weighted by Gasteiger charge is 2.49. The molecule has 1 saturated heterocycles. The van der Waals surface area contributed by atoms with Crippen LogP contribution in [0.4, 0.5) is 4.79 Å². The van der Waals surface area contributed by atoms with Gasteiger partial charge in [0.1, 0.15) is 5.76 Å². The lowest BCUT2D eigenvalue weighted by molar-refractivity contribution is -0.149. The first-order chi connectivity index (χ1) is 11.7. The van der Waals surface area contributed by atoms with Gasteiger partial charge in [0.25, 0.3) is 0 Å². The van der Waals surface area contributed by atoms with E-state index in [-0.39, 0.29) is 17.9 Å². The van der Waals surface area contributed by atoms with Crippen LogP contribution in [-0.4, -0.2) is 22.9 Å². The quantitative estimate of drug-likeness (QED) is 0.776. The molecule has 4 nitrogen and oxygen atoms in total. The summed E-state index contributed by atoms with van der Waals surface area (Å²) in [6, 6.07) is 9.58. The number of β-lactam (4-membered cyclic amide) rings is 1. The van der Waals surface area contributed by atoms with Gasteiger partial charge in [-0.3, -0.25) is 4.79 Å². The van der Waals surface area contributed by atoms with Gasteiger partial charge in [-0.2, -0.15) is 0 Å². The van der Waals surface area contributed by atoms with Crippen LogP contribution in [-0.2, 0) is 9.53 Å². The molecule has 0 saturated carbocycles. The van der Waals surface area contributed by atoms with Gasteiger partial charge in [-0.1, -0.05) is 55.5 Å². The number of allylic oxidation sites excluding steroid dienone is 3. The molecule has 0 radical (unpaired) electrons. The number of ether oxygens (including phenoxy) is 1. The standard InChI is InChI=1S/C20H21NO3/c1-2-17-18(14-13-15-9-5-3-6-10-15)21(19(17)22)20(23)24-16-11-7-4-8-12-16/h3,5-7,9-14,17-18H,2,4,8H2,1H3/b14-13+/t17-,18+/m0/s1. The molecule has 24 heavy (non-hydrogen) atoms. The second-order valence-corrected chi connectivity index (χ2v) is 5.94. The van der Waals surface area contributed by atoms with Gasteiger partial charge in [0.2, 0.25) is 5.91 Å². The highest BCUT2D eigenvalue weighted by atomic mass is 16.6. The number of hydrogen-bond acceptors (Lipinski definition) is 3. The number of carbonyl (C=O) groups excluding carboxylic acids is 2. The maximum atomic E-state index is 12.4. The van der Waals surface area contributed by atoms with Crippen LogP contribution in [0.2, 0.25) is 0 Å². The molecule has 1 aromatic rings. The van der Waals surface area contributed by atoms with Crippen LogP contribution in [0.5, 0.6) is 0 Å². The number of benzene rings is 1. The molecule has 1 aliphatic carbocycles. The van der Waals surface area contributed by atoms with E-state index in [2.05, 4.69) is 0 Å². The van der Waals surface area contributed by atoms with Crippen LogP contribution in [0.25, 0.3) is 6.08 Å². The Hall–Kier alpha value is -2.62. The summed E-state index contributed by atoms with van der Waals surface area (Å²) in [7, 11) is 0. The molecule has 0 N–H and O–H groups in total. The monoisotopic (exact) mass is 323 g/mol. The topological polar surface area (TPSA) is 46.6 Å². The van der Waals surface area contributed by atoms with Crippen molar-refractivity contribution in [1.82, 2.24) is 4.90 Å². The number of amides is 2. The van der Waals surface area contributed by atoms with E-state index in [1.165, 1.54) is 4.90 Å². The molecule has 0 aromatic heterocycles. The predicted octanol–water partition coefficient (Wildman–Crippen LogP) is 4.31. The summed E-state index contributed by atoms with van der Waals surface area (Å²) in [4.78, 5) is 25.8. The summed E-state index contributed by atoms with van der Waals surface area (Å²) in [5.74, 6) is 0.198. The van der Waals surface area contributed by atoms with Gasteiger partial charge in [0.15, 0.2) is 0 Å². The minimum atomic E-state index is -0.592. The number of nitrogens with zero attached hydrogens (tertiary/aromatic N) is 1. The highest BCUT2D eigenvalue weighted by molar-refractivity contribution is 6.00. The summed E-state index contributed by atoms with van der Waals surface area (Å²) in [5, 5.41) is 0. The molecule has 2 aliphatic rings. The van der Waals surface area contributed by atoms with E-state index in [1.807, 2.05) is 61.6 Å². The fourth-order valence-electron chi connectivity index (χ4n) is 3.01. The van der Waals surface area contributed by atoms with Crippen LogP contribution in [0.3, 0.4) is 0 Å². The van der Waals surface area contributed by atoms with Crippen molar-refractivity contribution >= 4 is 18.1 Å². The first kappa shape index (κ1) is 16.2. The van der Waals surface area contributed by atoms with Gasteiger partial charge in [-0.05, 0) is 37.0 Å². The summed E-state index contributed by atoms with van der Waals surface area (Å²) >= 11 is 0. The van der Waals surface area contributed by atoms with Gasteiger partial charge in [0.05, 0.1) is 12.0 Å². The lowest BCUT2D eigenvalue weighted by Gasteiger charge is -2.43. The van der Waals surface area contributed by atoms with Crippen LogP contribution in [0, 0.1) is 5.92 Å². The maximum Gasteiger partial charge on any atom is 0.422 e. The molecule has 0 unspecified atom stereocenters. The Bertz CT molecular complexity index is 703. The van der Waals surface area contributed by atoms with Crippen molar-refractivity contribution in [2.45, 2.75) is 32.2 Å². The van der Waals surface area contributed by atoms with E-state index in [4.69, 9.17) is 4.74 Å². The number of imide groups is 1. The van der Waals surface area contributed by atoms with Crippen LogP contribution < -0.4 is 0 Å². The van der Waals surface area contributed by atoms with Crippen LogP contribution in [0.15, 0.2) is 60.4 Å². The molecule has 2 amide bonds. The third kappa shape index (κ3) is 3.32. The molecule has 1 aliphatic heterocycles. The average Bonchev–Trinajstić information content (AvgIpc) is 2.60. The molecule has 1 aromatic carbocycles. The van der Waals surface area contributed by atoms with E-state index in [0.29, 0.717) is 12.2 Å². The van der Waals surface area contributed by atoms with Gasteiger partial charge in [0, 0.05) is 0 Å². The minimum Gasteiger partial charge on any atom is -0.410 e. The van der Waals surface area contributed by atoms with E-state index in [9.17, 15) is 9.59 Å². The van der Waals surface area contributed by atoms with Gasteiger partial charge in [-0.15, -0.1) is 0 Å². The fourth-order valence-corrected chi connectivity index (χ4v) is 3.01. The van der Waals surface area contributed by atoms with Crippen molar-refractivity contribution in [2.24, 2.45) is 5.92 Å². The van der Waals surface area contributed by atoms with Crippen molar-refractivity contribution < 1.29 is 14.3 Å². The zero-order valence-electron chi connectivity index (χ0n) is 13.7. The van der Waals surface area contributed by atoms with Crippen LogP contribution in [0.1, 0.15) is 31.7 Å². The number of rotatable bonds is 4. The first-order valence-corrected chi connectivity index (χ1v) is 8.35. The van der Waals surface area contributed by atoms with E-state index in [1.54, 1.807) is 6.08 Å². The van der Waals surface area contributed by atoms with Crippen molar-refractivity contribution in [3.63, 3.8) is 0 Å². The number of carbonyl (C=O) groups is 2. The molecule has 0 bridgehead atoms. The van der Waals surface area contributed by atoms with Crippen molar-refractivity contribution in [1.29, 1.82) is 0 Å². The second kappa shape index (κ2) is 7.30. The molecule has 0 spiro atoms. The lowest BCUT2D eigenvalue weighted by atomic mass is 9.85. The maximum absolute atomic E-state index is 12.4. The summed E-state index contributed by atoms with van der Waals surface area (Å²) in [5.41, 5.74) is 1.04. The third-order valence-corrected chi connectivity index (χ3v) is 4.35. The molecule has 4 heteroatoms. The summed E-state index contributed by atoms with van der Waals surface area (Å²) in [6.45, 7) is 1.96. The molecule has 2 atom stereocenters. The van der Waals surface area contributed by atoms with E-state index in [0.717, 1.165) is 18.4 Å². The van der Waals surface area contributed by atoms with Crippen LogP contribution >= 0.6 is 0 Å². The third-order valence-electron chi connectivity index (χ3n) is 4.35. The second-order valence-electron chi connectivity index (χ2n) is 5.94. The van der Waals surface area contributed by atoms with Gasteiger partial charge >= 0.3 is 6.09 Å². The lowest BCUT2D eigenvalue weighted by Crippen LogP contribution is -2.62. The zero-order chi connectivity index (χ0) is 16.9. The van der Waals surface area contributed by atoms with E-state index < -0.39 is 6.09 Å². The highest BCUT2D eigenvalue weighted by Crippen LogP contribution is 2.32. The minimum absolute atomic E-state index is 0.159. The number of hydrogen-bond donors (Lipinski definition) is 0. The molecular formula is C20H21NO3. The normalized spacial score (nSPS) is 23.1. The smallest absolute Gasteiger partial charge is 0.410 e. The fraction of sp³-hybridized carbons (Fsp3) is 0.300. The molecule has 124 valence electrons. The Balaban J connectivity index is 1.71. The van der Waals surface area contributed by atoms with Crippen molar-refractivity contribution in [3.05, 3.63) is 66.0 Å². The van der Waals surface area contributed by atoms with E-state index >= 15 is 0 Å². The Morgan fingerprint density at radius 2 is 2.08 bits per heavy atom. The molecular weight excluding hydrogens is 302 g/mol. The summed E-state index contributed by atoms with van der Waals surface area (Å²) < 4.78 is 5.35. The van der Waals surface area contributed by atoms with Gasteiger partial charge in [-0.25, -0.2) is 9.69 Å². The molecule has 3 rings (SSSR count). The van der Waals surface area contributed by atoms with Crippen molar-refractivity contribution in [2.75, 3.05) is 0 Å². The Labute approximate surface area is 142 Å². The SMILES string of the molecule is CC[C@@H]1C(=O)N(C(=O)OC2=CCCC=C2)[C@@H]1/C=C/c1ccccc1. The Kier molecular flexibility index (Phi) is 4.94. The summed E-state index contributed by atoms with van der Waals surface area (Å²) in [6.07, 6.45) is 11.4. The molecule has 1 heterocycles. The first-order valence-electron chi connectivity index (χ1n) is 8.35. The van der Waals surface area contributed by atoms with Crippen molar-refractivity contribution in [3.8, 4) is 0 Å². The zero-order valence-corrected chi connectivity index (χ0v) is 13.7. The largest absolute Gasteiger partial charge is 0.422 e. The average molecular weight is 323 g/mol. The van der Waals surface area contributed by atoms with Gasteiger partial charge < -0.3 is 4.74 Å². The molecule has 1 fully saturated rings. The Morgan fingerprint density at radius 1 is 1.29 bits per heavy atom. The number of likely N-dealkylation sites (tertiary alicyclic amines) is 1. The predicted molar refractivity (Wildman–Crippen MR) is 92.8 cm³/mol. The Morgan fingerprint density at radius 3 is 2.75 bits per heavy atom.